The molecule has 2 aromatic carbocycles. The molecule has 0 radical (unpaired) electrons. The number of thioether (sulfide) groups is 1. The van der Waals surface area contributed by atoms with Crippen LogP contribution in [0.1, 0.15) is 0 Å². The van der Waals surface area contributed by atoms with Gasteiger partial charge >= 0.3 is 0 Å². The molecular formula is C18H21FN4OS. The molecule has 0 aliphatic rings. The first-order valence-electron chi connectivity index (χ1n) is 7.85. The highest BCUT2D eigenvalue weighted by Crippen LogP contribution is 2.15. The van der Waals surface area contributed by atoms with Gasteiger partial charge < -0.3 is 16.0 Å². The van der Waals surface area contributed by atoms with Crippen molar-refractivity contribution in [1.82, 2.24) is 10.6 Å². The van der Waals surface area contributed by atoms with Gasteiger partial charge in [-0.15, -0.1) is 11.8 Å². The molecule has 3 N–H and O–H groups in total. The van der Waals surface area contributed by atoms with Crippen LogP contribution in [0.4, 0.5) is 10.1 Å². The number of guanidine groups is 1. The van der Waals surface area contributed by atoms with Crippen molar-refractivity contribution < 1.29 is 9.18 Å². The summed E-state index contributed by atoms with van der Waals surface area (Å²) in [7, 11) is 1.65. The Morgan fingerprint density at radius 2 is 1.80 bits per heavy atom. The fraction of sp³-hybridized carbons (Fsp3) is 0.222. The van der Waals surface area contributed by atoms with Gasteiger partial charge in [0, 0.05) is 29.9 Å². The van der Waals surface area contributed by atoms with Crippen LogP contribution >= 0.6 is 11.8 Å². The van der Waals surface area contributed by atoms with Crippen molar-refractivity contribution >= 4 is 29.3 Å². The fourth-order valence-electron chi connectivity index (χ4n) is 1.98. The van der Waals surface area contributed by atoms with E-state index in [1.54, 1.807) is 18.8 Å². The van der Waals surface area contributed by atoms with Gasteiger partial charge in [0.2, 0.25) is 5.91 Å². The molecule has 1 amide bonds. The summed E-state index contributed by atoms with van der Waals surface area (Å²) >= 11 is 1.75. The number of rotatable bonds is 7. The van der Waals surface area contributed by atoms with Crippen LogP contribution < -0.4 is 16.0 Å². The number of hydrogen-bond donors (Lipinski definition) is 3. The molecule has 0 bridgehead atoms. The molecule has 0 saturated heterocycles. The second-order valence-electron chi connectivity index (χ2n) is 5.07. The van der Waals surface area contributed by atoms with Crippen LogP contribution in [0.3, 0.4) is 0 Å². The SMILES string of the molecule is CN=C(NCCSc1ccccc1)NCC(=O)Nc1ccc(F)cc1. The molecule has 25 heavy (non-hydrogen) atoms. The summed E-state index contributed by atoms with van der Waals surface area (Å²) in [4.78, 5) is 17.2. The third-order valence-corrected chi connectivity index (χ3v) is 4.19. The minimum absolute atomic E-state index is 0.0723. The number of halogens is 1. The summed E-state index contributed by atoms with van der Waals surface area (Å²) < 4.78 is 12.8. The van der Waals surface area contributed by atoms with Crippen molar-refractivity contribution in [1.29, 1.82) is 0 Å². The number of aliphatic imine (C=N–C) groups is 1. The van der Waals surface area contributed by atoms with E-state index in [1.807, 2.05) is 18.2 Å². The van der Waals surface area contributed by atoms with Crippen molar-refractivity contribution in [3.8, 4) is 0 Å². The van der Waals surface area contributed by atoms with Crippen molar-refractivity contribution in [2.24, 2.45) is 4.99 Å². The lowest BCUT2D eigenvalue weighted by Crippen LogP contribution is -2.42. The van der Waals surface area contributed by atoms with E-state index < -0.39 is 0 Å². The molecule has 2 rings (SSSR count). The van der Waals surface area contributed by atoms with E-state index >= 15 is 0 Å². The summed E-state index contributed by atoms with van der Waals surface area (Å²) in [6.07, 6.45) is 0. The molecule has 7 heteroatoms. The first-order chi connectivity index (χ1) is 12.2. The Kier molecular flexibility index (Phi) is 7.78. The predicted octanol–water partition coefficient (Wildman–Crippen LogP) is 2.72. The van der Waals surface area contributed by atoms with Gasteiger partial charge in [-0.3, -0.25) is 9.79 Å². The molecule has 0 fully saturated rings. The highest BCUT2D eigenvalue weighted by atomic mass is 32.2. The fourth-order valence-corrected chi connectivity index (χ4v) is 2.77. The zero-order chi connectivity index (χ0) is 17.9. The van der Waals surface area contributed by atoms with Crippen LogP contribution in [0.15, 0.2) is 64.5 Å². The molecule has 0 aromatic heterocycles. The van der Waals surface area contributed by atoms with Crippen LogP contribution in [-0.4, -0.2) is 37.8 Å². The molecule has 132 valence electrons. The average Bonchev–Trinajstić information content (AvgIpc) is 2.64. The van der Waals surface area contributed by atoms with Gasteiger partial charge in [-0.1, -0.05) is 18.2 Å². The van der Waals surface area contributed by atoms with E-state index in [9.17, 15) is 9.18 Å². The Morgan fingerprint density at radius 3 is 2.48 bits per heavy atom. The van der Waals surface area contributed by atoms with Gasteiger partial charge in [-0.05, 0) is 36.4 Å². The standard InChI is InChI=1S/C18H21FN4OS/c1-20-18(21-11-12-25-16-5-3-2-4-6-16)22-13-17(24)23-15-9-7-14(19)8-10-15/h2-10H,11-13H2,1H3,(H,23,24)(H2,20,21,22). The number of hydrogen-bond acceptors (Lipinski definition) is 3. The maximum absolute atomic E-state index is 12.8. The Morgan fingerprint density at radius 1 is 1.08 bits per heavy atom. The number of amides is 1. The second kappa shape index (κ2) is 10.4. The quantitative estimate of drug-likeness (QED) is 0.307. The Balaban J connectivity index is 1.65. The van der Waals surface area contributed by atoms with Crippen molar-refractivity contribution in [2.75, 3.05) is 31.2 Å². The largest absolute Gasteiger partial charge is 0.356 e. The third kappa shape index (κ3) is 7.26. The van der Waals surface area contributed by atoms with Crippen LogP contribution in [0.25, 0.3) is 0 Å². The lowest BCUT2D eigenvalue weighted by molar-refractivity contribution is -0.115. The molecule has 2 aromatic rings. The Hall–Kier alpha value is -2.54. The van der Waals surface area contributed by atoms with Crippen molar-refractivity contribution in [3.05, 3.63) is 60.4 Å². The molecular weight excluding hydrogens is 339 g/mol. The minimum atomic E-state index is -0.339. The van der Waals surface area contributed by atoms with Crippen LogP contribution in [0, 0.1) is 5.82 Å². The Bertz CT molecular complexity index is 692. The zero-order valence-corrected chi connectivity index (χ0v) is 14.8. The zero-order valence-electron chi connectivity index (χ0n) is 14.0. The van der Waals surface area contributed by atoms with Gasteiger partial charge in [0.05, 0.1) is 6.54 Å². The van der Waals surface area contributed by atoms with E-state index in [0.29, 0.717) is 11.6 Å². The smallest absolute Gasteiger partial charge is 0.243 e. The van der Waals surface area contributed by atoms with E-state index in [0.717, 1.165) is 12.3 Å². The number of nitrogens with zero attached hydrogens (tertiary/aromatic N) is 1. The maximum atomic E-state index is 12.8. The van der Waals surface area contributed by atoms with Gasteiger partial charge in [0.1, 0.15) is 5.82 Å². The number of benzene rings is 2. The van der Waals surface area contributed by atoms with Gasteiger partial charge in [-0.2, -0.15) is 0 Å². The van der Waals surface area contributed by atoms with E-state index in [2.05, 4.69) is 33.1 Å². The number of carbonyl (C=O) groups is 1. The van der Waals surface area contributed by atoms with Gasteiger partial charge in [-0.25, -0.2) is 4.39 Å². The molecule has 0 atom stereocenters. The molecule has 0 heterocycles. The molecule has 5 nitrogen and oxygen atoms in total. The van der Waals surface area contributed by atoms with Crippen molar-refractivity contribution in [2.45, 2.75) is 4.90 Å². The topological polar surface area (TPSA) is 65.5 Å². The van der Waals surface area contributed by atoms with E-state index in [1.165, 1.54) is 29.2 Å². The third-order valence-electron chi connectivity index (χ3n) is 3.17. The molecule has 0 aliphatic carbocycles. The van der Waals surface area contributed by atoms with E-state index in [4.69, 9.17) is 0 Å². The number of nitrogens with one attached hydrogen (secondary N) is 3. The van der Waals surface area contributed by atoms with Crippen LogP contribution in [-0.2, 0) is 4.79 Å². The summed E-state index contributed by atoms with van der Waals surface area (Å²) in [5.74, 6) is 0.872. The minimum Gasteiger partial charge on any atom is -0.356 e. The first-order valence-corrected chi connectivity index (χ1v) is 8.84. The number of carbonyl (C=O) groups excluding carboxylic acids is 1. The van der Waals surface area contributed by atoms with Crippen LogP contribution in [0.2, 0.25) is 0 Å². The summed E-state index contributed by atoms with van der Waals surface area (Å²) in [6, 6.07) is 15.8. The monoisotopic (exact) mass is 360 g/mol. The van der Waals surface area contributed by atoms with Crippen LogP contribution in [0.5, 0.6) is 0 Å². The molecule has 0 spiro atoms. The lowest BCUT2D eigenvalue weighted by atomic mass is 10.3. The first kappa shape index (κ1) is 18.8. The van der Waals surface area contributed by atoms with Gasteiger partial charge in [0.25, 0.3) is 0 Å². The molecule has 0 unspecified atom stereocenters. The lowest BCUT2D eigenvalue weighted by Gasteiger charge is -2.12. The predicted molar refractivity (Wildman–Crippen MR) is 102 cm³/mol. The highest BCUT2D eigenvalue weighted by molar-refractivity contribution is 7.99. The summed E-state index contributed by atoms with van der Waals surface area (Å²) in [6.45, 7) is 0.793. The summed E-state index contributed by atoms with van der Waals surface area (Å²) in [5, 5.41) is 8.78. The maximum Gasteiger partial charge on any atom is 0.243 e. The normalized spacial score (nSPS) is 11.0. The molecule has 0 aliphatic heterocycles. The van der Waals surface area contributed by atoms with Crippen molar-refractivity contribution in [3.63, 3.8) is 0 Å². The summed E-state index contributed by atoms with van der Waals surface area (Å²) in [5.41, 5.74) is 0.551. The Labute approximate surface area is 151 Å². The second-order valence-corrected chi connectivity index (χ2v) is 6.24. The van der Waals surface area contributed by atoms with E-state index in [-0.39, 0.29) is 18.3 Å². The average molecular weight is 360 g/mol. The number of anilines is 1. The molecule has 0 saturated carbocycles. The van der Waals surface area contributed by atoms with Gasteiger partial charge in [0.15, 0.2) is 5.96 Å². The highest BCUT2D eigenvalue weighted by Gasteiger charge is 2.04.